The molecule has 0 amide bonds. The van der Waals surface area contributed by atoms with Gasteiger partial charge in [-0.05, 0) is 54.7 Å². The number of benzene rings is 1. The molecule has 1 aromatic carbocycles. The number of hydrogen-bond acceptors (Lipinski definition) is 6. The van der Waals surface area contributed by atoms with Crippen LogP contribution in [0, 0.1) is 13.8 Å². The second-order valence-corrected chi connectivity index (χ2v) is 8.59. The van der Waals surface area contributed by atoms with Crippen molar-refractivity contribution in [1.29, 1.82) is 0 Å². The van der Waals surface area contributed by atoms with E-state index >= 15 is 0 Å². The van der Waals surface area contributed by atoms with Crippen molar-refractivity contribution in [2.75, 3.05) is 11.9 Å². The van der Waals surface area contributed by atoms with Crippen LogP contribution in [0.15, 0.2) is 35.4 Å². The van der Waals surface area contributed by atoms with Crippen molar-refractivity contribution in [2.24, 2.45) is 7.05 Å². The smallest absolute Gasteiger partial charge is 0.334 e. The van der Waals surface area contributed by atoms with E-state index in [4.69, 9.17) is 9.72 Å². The SMILES string of the molecule is Cc1cc2c(cc1Nc1ncc3c(n1)n(-c1c(C)ccnc1C(C)C)c(=O)n3C)CCO2. The lowest BCUT2D eigenvalue weighted by Crippen LogP contribution is -2.23. The van der Waals surface area contributed by atoms with E-state index in [-0.39, 0.29) is 11.6 Å². The minimum absolute atomic E-state index is 0.155. The summed E-state index contributed by atoms with van der Waals surface area (Å²) in [5, 5.41) is 3.34. The summed E-state index contributed by atoms with van der Waals surface area (Å²) in [5.74, 6) is 1.53. The van der Waals surface area contributed by atoms with Crippen LogP contribution in [-0.2, 0) is 13.5 Å². The standard InChI is InChI=1S/C24H26N6O2/c1-13(2)20-21(14(3)6-8-25-20)30-22-18(29(5)24(30)31)12-26-23(28-22)27-17-11-16-7-9-32-19(16)10-15(17)4/h6,8,10-13H,7,9H2,1-5H3,(H,26,27,28). The first-order valence-electron chi connectivity index (χ1n) is 10.8. The Hall–Kier alpha value is -3.68. The number of nitrogens with one attached hydrogen (secondary N) is 1. The zero-order valence-corrected chi connectivity index (χ0v) is 18.9. The molecular weight excluding hydrogens is 404 g/mol. The molecule has 0 spiro atoms. The molecule has 0 fully saturated rings. The molecule has 1 aliphatic rings. The second-order valence-electron chi connectivity index (χ2n) is 8.59. The van der Waals surface area contributed by atoms with Gasteiger partial charge in [0.15, 0.2) is 5.65 Å². The van der Waals surface area contributed by atoms with Gasteiger partial charge in [-0.2, -0.15) is 4.98 Å². The van der Waals surface area contributed by atoms with Gasteiger partial charge in [0.25, 0.3) is 0 Å². The molecule has 0 unspecified atom stereocenters. The maximum atomic E-state index is 13.3. The Bertz CT molecular complexity index is 1420. The molecule has 0 radical (unpaired) electrons. The summed E-state index contributed by atoms with van der Waals surface area (Å²) in [7, 11) is 1.74. The number of aryl methyl sites for hydroxylation is 3. The van der Waals surface area contributed by atoms with Crippen molar-refractivity contribution in [3.63, 3.8) is 0 Å². The maximum absolute atomic E-state index is 13.3. The number of hydrogen-bond donors (Lipinski definition) is 1. The van der Waals surface area contributed by atoms with Gasteiger partial charge in [0.1, 0.15) is 11.3 Å². The predicted molar refractivity (Wildman–Crippen MR) is 124 cm³/mol. The molecule has 4 aromatic rings. The van der Waals surface area contributed by atoms with E-state index < -0.39 is 0 Å². The van der Waals surface area contributed by atoms with Gasteiger partial charge in [0.05, 0.1) is 24.2 Å². The van der Waals surface area contributed by atoms with E-state index in [0.717, 1.165) is 40.4 Å². The minimum atomic E-state index is -0.171. The number of fused-ring (bicyclic) bond motifs is 2. The Morgan fingerprint density at radius 2 is 1.97 bits per heavy atom. The lowest BCUT2D eigenvalue weighted by molar-refractivity contribution is 0.356. The molecule has 0 atom stereocenters. The number of aromatic nitrogens is 5. The Morgan fingerprint density at radius 3 is 2.75 bits per heavy atom. The van der Waals surface area contributed by atoms with E-state index in [1.54, 1.807) is 28.6 Å². The third kappa shape index (κ3) is 3.14. The first-order valence-corrected chi connectivity index (χ1v) is 10.8. The first-order chi connectivity index (χ1) is 15.3. The quantitative estimate of drug-likeness (QED) is 0.528. The van der Waals surface area contributed by atoms with Crippen molar-refractivity contribution in [1.82, 2.24) is 24.1 Å². The summed E-state index contributed by atoms with van der Waals surface area (Å²) in [6.07, 6.45) is 4.36. The maximum Gasteiger partial charge on any atom is 0.334 e. The first kappa shape index (κ1) is 20.2. The van der Waals surface area contributed by atoms with E-state index in [9.17, 15) is 4.79 Å². The molecule has 0 saturated heterocycles. The summed E-state index contributed by atoms with van der Waals surface area (Å²) in [6.45, 7) is 8.87. The molecule has 8 heteroatoms. The molecule has 32 heavy (non-hydrogen) atoms. The fourth-order valence-electron chi connectivity index (χ4n) is 4.24. The monoisotopic (exact) mass is 430 g/mol. The zero-order chi connectivity index (χ0) is 22.6. The van der Waals surface area contributed by atoms with Crippen LogP contribution in [0.2, 0.25) is 0 Å². The number of imidazole rings is 1. The van der Waals surface area contributed by atoms with Gasteiger partial charge in [0.2, 0.25) is 5.95 Å². The van der Waals surface area contributed by atoms with Crippen LogP contribution in [0.25, 0.3) is 16.9 Å². The molecule has 0 saturated carbocycles. The van der Waals surface area contributed by atoms with Gasteiger partial charge < -0.3 is 10.1 Å². The Balaban J connectivity index is 1.67. The van der Waals surface area contributed by atoms with Crippen molar-refractivity contribution < 1.29 is 4.74 Å². The normalized spacial score (nSPS) is 12.9. The fourth-order valence-corrected chi connectivity index (χ4v) is 4.24. The molecule has 4 heterocycles. The summed E-state index contributed by atoms with van der Waals surface area (Å²) in [6, 6.07) is 6.05. The average molecular weight is 431 g/mol. The van der Waals surface area contributed by atoms with Gasteiger partial charge in [-0.3, -0.25) is 9.55 Å². The Kier molecular flexibility index (Phi) is 4.73. The molecule has 1 aliphatic heterocycles. The number of nitrogens with zero attached hydrogens (tertiary/aromatic N) is 5. The van der Waals surface area contributed by atoms with Gasteiger partial charge in [0, 0.05) is 25.4 Å². The van der Waals surface area contributed by atoms with E-state index in [2.05, 4.69) is 35.2 Å². The molecule has 8 nitrogen and oxygen atoms in total. The predicted octanol–water partition coefficient (Wildman–Crippen LogP) is 3.93. The topological polar surface area (TPSA) is 86.9 Å². The molecule has 0 bridgehead atoms. The van der Waals surface area contributed by atoms with Crippen LogP contribution in [-0.4, -0.2) is 30.7 Å². The highest BCUT2D eigenvalue weighted by atomic mass is 16.5. The Labute approximate surface area is 185 Å². The molecule has 0 aliphatic carbocycles. The van der Waals surface area contributed by atoms with Crippen molar-refractivity contribution >= 4 is 22.8 Å². The van der Waals surface area contributed by atoms with E-state index in [0.29, 0.717) is 23.7 Å². The van der Waals surface area contributed by atoms with E-state index in [1.165, 1.54) is 5.56 Å². The van der Waals surface area contributed by atoms with Crippen LogP contribution in [0.1, 0.15) is 42.1 Å². The largest absolute Gasteiger partial charge is 0.493 e. The van der Waals surface area contributed by atoms with E-state index in [1.807, 2.05) is 26.0 Å². The lowest BCUT2D eigenvalue weighted by Gasteiger charge is -2.15. The van der Waals surface area contributed by atoms with Crippen LogP contribution >= 0.6 is 0 Å². The third-order valence-electron chi connectivity index (χ3n) is 6.01. The third-order valence-corrected chi connectivity index (χ3v) is 6.01. The van der Waals surface area contributed by atoms with Crippen molar-refractivity contribution in [3.8, 4) is 11.4 Å². The molecule has 164 valence electrons. The molecule has 3 aromatic heterocycles. The van der Waals surface area contributed by atoms with Crippen LogP contribution in [0.3, 0.4) is 0 Å². The van der Waals surface area contributed by atoms with Gasteiger partial charge >= 0.3 is 5.69 Å². The molecule has 5 rings (SSSR count). The zero-order valence-electron chi connectivity index (χ0n) is 18.9. The summed E-state index contributed by atoms with van der Waals surface area (Å²) < 4.78 is 8.89. The highest BCUT2D eigenvalue weighted by Gasteiger charge is 2.21. The van der Waals surface area contributed by atoms with Gasteiger partial charge in [-0.25, -0.2) is 14.3 Å². The number of ether oxygens (including phenoxy) is 1. The fraction of sp³-hybridized carbons (Fsp3) is 0.333. The number of rotatable bonds is 4. The lowest BCUT2D eigenvalue weighted by atomic mass is 10.0. The van der Waals surface area contributed by atoms with Gasteiger partial charge in [-0.15, -0.1) is 0 Å². The van der Waals surface area contributed by atoms with Crippen molar-refractivity contribution in [2.45, 2.75) is 40.0 Å². The minimum Gasteiger partial charge on any atom is -0.493 e. The highest BCUT2D eigenvalue weighted by Crippen LogP contribution is 2.32. The van der Waals surface area contributed by atoms with Crippen molar-refractivity contribution in [3.05, 3.63) is 63.5 Å². The Morgan fingerprint density at radius 1 is 1.16 bits per heavy atom. The molecular formula is C24H26N6O2. The second kappa shape index (κ2) is 7.47. The summed E-state index contributed by atoms with van der Waals surface area (Å²) >= 11 is 0. The van der Waals surface area contributed by atoms with Crippen LogP contribution in [0.5, 0.6) is 5.75 Å². The van der Waals surface area contributed by atoms with Gasteiger partial charge in [-0.1, -0.05) is 13.8 Å². The summed E-state index contributed by atoms with van der Waals surface area (Å²) in [4.78, 5) is 27.1. The highest BCUT2D eigenvalue weighted by molar-refractivity contribution is 5.76. The van der Waals surface area contributed by atoms with Crippen LogP contribution in [0.4, 0.5) is 11.6 Å². The number of anilines is 2. The summed E-state index contributed by atoms with van der Waals surface area (Å²) in [5.41, 5.74) is 6.81. The molecule has 1 N–H and O–H groups in total. The average Bonchev–Trinajstić information content (AvgIpc) is 3.30. The van der Waals surface area contributed by atoms with Crippen LogP contribution < -0.4 is 15.7 Å². The number of pyridine rings is 1.